The minimum absolute atomic E-state index is 0.0313. The van der Waals surface area contributed by atoms with Crippen LogP contribution in [0.5, 0.6) is 0 Å². The van der Waals surface area contributed by atoms with Gasteiger partial charge in [0.25, 0.3) is 0 Å². The predicted molar refractivity (Wildman–Crippen MR) is 71.0 cm³/mol. The molecule has 1 N–H and O–H groups in total. The van der Waals surface area contributed by atoms with Crippen LogP contribution >= 0.6 is 11.8 Å². The third-order valence-corrected chi connectivity index (χ3v) is 3.60. The summed E-state index contributed by atoms with van der Waals surface area (Å²) in [6.07, 6.45) is 0.523. The fourth-order valence-corrected chi connectivity index (χ4v) is 2.37. The van der Waals surface area contributed by atoms with Crippen LogP contribution < -0.4 is 0 Å². The predicted octanol–water partition coefficient (Wildman–Crippen LogP) is 2.29. The topological polar surface area (TPSA) is 40.5 Å². The molecule has 0 spiro atoms. The summed E-state index contributed by atoms with van der Waals surface area (Å²) >= 11 is 1.05. The third-order valence-electron chi connectivity index (χ3n) is 2.57. The Hall–Kier alpha value is -1.14. The molecule has 0 aliphatic carbocycles. The van der Waals surface area contributed by atoms with Gasteiger partial charge in [-0.05, 0) is 25.5 Å². The summed E-state index contributed by atoms with van der Waals surface area (Å²) < 4.78 is 26.1. The van der Waals surface area contributed by atoms with Crippen molar-refractivity contribution < 1.29 is 18.7 Å². The highest BCUT2D eigenvalue weighted by Crippen LogP contribution is 2.22. The van der Waals surface area contributed by atoms with E-state index in [4.69, 9.17) is 5.11 Å². The summed E-state index contributed by atoms with van der Waals surface area (Å²) in [4.78, 5) is 13.7. The number of hydrogen-bond donors (Lipinski definition) is 1. The molecule has 19 heavy (non-hydrogen) atoms. The number of thioether (sulfide) groups is 1. The molecule has 1 aromatic rings. The molecule has 0 fully saturated rings. The van der Waals surface area contributed by atoms with Crippen molar-refractivity contribution >= 4 is 17.7 Å². The van der Waals surface area contributed by atoms with Gasteiger partial charge in [0, 0.05) is 30.7 Å². The number of rotatable bonds is 7. The molecule has 1 amide bonds. The molecular formula is C13H17F2NO2S. The second-order valence-corrected chi connectivity index (χ2v) is 4.93. The molecule has 0 unspecified atom stereocenters. The van der Waals surface area contributed by atoms with Crippen LogP contribution in [0.4, 0.5) is 8.78 Å². The van der Waals surface area contributed by atoms with E-state index in [0.717, 1.165) is 17.8 Å². The van der Waals surface area contributed by atoms with Gasteiger partial charge in [0.1, 0.15) is 11.6 Å². The highest BCUT2D eigenvalue weighted by atomic mass is 32.2. The van der Waals surface area contributed by atoms with Crippen molar-refractivity contribution in [3.8, 4) is 0 Å². The van der Waals surface area contributed by atoms with Crippen LogP contribution in [0.1, 0.15) is 13.3 Å². The first-order valence-corrected chi connectivity index (χ1v) is 7.03. The van der Waals surface area contributed by atoms with Crippen LogP contribution in [0.3, 0.4) is 0 Å². The van der Waals surface area contributed by atoms with Crippen molar-refractivity contribution in [2.45, 2.75) is 18.2 Å². The summed E-state index contributed by atoms with van der Waals surface area (Å²) in [5, 5.41) is 8.73. The zero-order valence-corrected chi connectivity index (χ0v) is 11.6. The third kappa shape index (κ3) is 5.16. The normalized spacial score (nSPS) is 10.5. The van der Waals surface area contributed by atoms with E-state index in [1.54, 1.807) is 4.90 Å². The van der Waals surface area contributed by atoms with Crippen LogP contribution in [0.15, 0.2) is 23.1 Å². The van der Waals surface area contributed by atoms with Crippen molar-refractivity contribution in [1.82, 2.24) is 4.90 Å². The molecule has 1 aromatic carbocycles. The maximum Gasteiger partial charge on any atom is 0.232 e. The van der Waals surface area contributed by atoms with E-state index in [1.165, 1.54) is 12.1 Å². The standard InChI is InChI=1S/C13H17F2NO2S/c1-2-16(6-3-7-17)13(18)9-19-12-5-4-10(14)8-11(12)15/h4-5,8,17H,2-3,6-7,9H2,1H3. The van der Waals surface area contributed by atoms with E-state index in [1.807, 2.05) is 6.92 Å². The summed E-state index contributed by atoms with van der Waals surface area (Å²) in [6, 6.07) is 3.29. The highest BCUT2D eigenvalue weighted by molar-refractivity contribution is 8.00. The van der Waals surface area contributed by atoms with Gasteiger partial charge in [-0.15, -0.1) is 11.8 Å². The number of aliphatic hydroxyl groups excluding tert-OH is 1. The second-order valence-electron chi connectivity index (χ2n) is 3.91. The zero-order chi connectivity index (χ0) is 14.3. The van der Waals surface area contributed by atoms with Crippen molar-refractivity contribution in [3.05, 3.63) is 29.8 Å². The Morgan fingerprint density at radius 3 is 2.74 bits per heavy atom. The number of halogens is 2. The van der Waals surface area contributed by atoms with Crippen LogP contribution in [-0.2, 0) is 4.79 Å². The first kappa shape index (κ1) is 15.9. The molecule has 0 heterocycles. The minimum Gasteiger partial charge on any atom is -0.396 e. The van der Waals surface area contributed by atoms with E-state index in [2.05, 4.69) is 0 Å². The Labute approximate surface area is 115 Å². The molecule has 1 rings (SSSR count). The molecule has 0 aliphatic rings. The van der Waals surface area contributed by atoms with Crippen molar-refractivity contribution in [3.63, 3.8) is 0 Å². The SMILES string of the molecule is CCN(CCCO)C(=O)CSc1ccc(F)cc1F. The van der Waals surface area contributed by atoms with Gasteiger partial charge in [0.15, 0.2) is 0 Å². The molecule has 0 aliphatic heterocycles. The van der Waals surface area contributed by atoms with Crippen LogP contribution in [0.25, 0.3) is 0 Å². The van der Waals surface area contributed by atoms with E-state index in [-0.39, 0.29) is 23.2 Å². The lowest BCUT2D eigenvalue weighted by atomic mass is 10.3. The molecule has 0 aromatic heterocycles. The maximum absolute atomic E-state index is 13.4. The van der Waals surface area contributed by atoms with Gasteiger partial charge >= 0.3 is 0 Å². The maximum atomic E-state index is 13.4. The van der Waals surface area contributed by atoms with E-state index >= 15 is 0 Å². The number of carbonyl (C=O) groups is 1. The number of hydrogen-bond acceptors (Lipinski definition) is 3. The van der Waals surface area contributed by atoms with Crippen LogP contribution in [0.2, 0.25) is 0 Å². The first-order valence-electron chi connectivity index (χ1n) is 6.05. The average molecular weight is 289 g/mol. The molecule has 0 radical (unpaired) electrons. The Morgan fingerprint density at radius 1 is 1.42 bits per heavy atom. The zero-order valence-electron chi connectivity index (χ0n) is 10.7. The van der Waals surface area contributed by atoms with E-state index in [0.29, 0.717) is 19.5 Å². The summed E-state index contributed by atoms with van der Waals surface area (Å²) in [5.74, 6) is -1.31. The largest absolute Gasteiger partial charge is 0.396 e. The Balaban J connectivity index is 2.52. The molecule has 106 valence electrons. The minimum atomic E-state index is -0.656. The summed E-state index contributed by atoms with van der Waals surface area (Å²) in [5.41, 5.74) is 0. The smallest absolute Gasteiger partial charge is 0.232 e. The lowest BCUT2D eigenvalue weighted by Gasteiger charge is -2.20. The number of amides is 1. The molecule has 6 heteroatoms. The molecular weight excluding hydrogens is 272 g/mol. The fraction of sp³-hybridized carbons (Fsp3) is 0.462. The summed E-state index contributed by atoms with van der Waals surface area (Å²) in [6.45, 7) is 2.91. The highest BCUT2D eigenvalue weighted by Gasteiger charge is 2.13. The monoisotopic (exact) mass is 289 g/mol. The van der Waals surface area contributed by atoms with Gasteiger partial charge in [-0.1, -0.05) is 0 Å². The van der Waals surface area contributed by atoms with Gasteiger partial charge < -0.3 is 10.0 Å². The molecule has 0 saturated heterocycles. The Morgan fingerprint density at radius 2 is 2.16 bits per heavy atom. The lowest BCUT2D eigenvalue weighted by molar-refractivity contribution is -0.128. The number of nitrogens with zero attached hydrogens (tertiary/aromatic N) is 1. The molecule has 3 nitrogen and oxygen atoms in total. The van der Waals surface area contributed by atoms with Gasteiger partial charge in [-0.25, -0.2) is 8.78 Å². The molecule has 0 atom stereocenters. The Kier molecular flexibility index (Phi) is 6.80. The number of benzene rings is 1. The quantitative estimate of drug-likeness (QED) is 0.783. The Bertz CT molecular complexity index is 429. The fourth-order valence-electron chi connectivity index (χ4n) is 1.54. The molecule has 0 bridgehead atoms. The van der Waals surface area contributed by atoms with Crippen molar-refractivity contribution in [1.29, 1.82) is 0 Å². The van der Waals surface area contributed by atoms with E-state index in [9.17, 15) is 13.6 Å². The van der Waals surface area contributed by atoms with Gasteiger partial charge in [-0.2, -0.15) is 0 Å². The second kappa shape index (κ2) is 8.12. The van der Waals surface area contributed by atoms with Crippen molar-refractivity contribution in [2.75, 3.05) is 25.4 Å². The average Bonchev–Trinajstić information content (AvgIpc) is 2.38. The van der Waals surface area contributed by atoms with Gasteiger partial charge in [-0.3, -0.25) is 4.79 Å². The summed E-state index contributed by atoms with van der Waals surface area (Å²) in [7, 11) is 0. The molecule has 0 saturated carbocycles. The van der Waals surface area contributed by atoms with Crippen LogP contribution in [-0.4, -0.2) is 41.4 Å². The van der Waals surface area contributed by atoms with Gasteiger partial charge in [0.2, 0.25) is 5.91 Å². The first-order chi connectivity index (χ1) is 9.08. The lowest BCUT2D eigenvalue weighted by Crippen LogP contribution is -2.33. The van der Waals surface area contributed by atoms with Crippen LogP contribution in [0, 0.1) is 11.6 Å². The van der Waals surface area contributed by atoms with E-state index < -0.39 is 11.6 Å². The van der Waals surface area contributed by atoms with Crippen molar-refractivity contribution in [2.24, 2.45) is 0 Å². The van der Waals surface area contributed by atoms with Gasteiger partial charge in [0.05, 0.1) is 5.75 Å². The number of carbonyl (C=O) groups excluding carboxylic acids is 1. The number of aliphatic hydroxyl groups is 1.